The Balaban J connectivity index is 2.20. The van der Waals surface area contributed by atoms with Crippen molar-refractivity contribution in [1.82, 2.24) is 0 Å². The van der Waals surface area contributed by atoms with E-state index in [0.29, 0.717) is 5.69 Å². The Labute approximate surface area is 100 Å². The van der Waals surface area contributed by atoms with Crippen molar-refractivity contribution in [1.29, 1.82) is 0 Å². The number of carbonyl (C=O) groups excluding carboxylic acids is 1. The number of amides is 1. The second-order valence-electron chi connectivity index (χ2n) is 4.64. The summed E-state index contributed by atoms with van der Waals surface area (Å²) in [5.41, 5.74) is 5.41. The highest BCUT2D eigenvalue weighted by Crippen LogP contribution is 2.31. The predicted octanol–water partition coefficient (Wildman–Crippen LogP) is 2.43. The zero-order valence-electron chi connectivity index (χ0n) is 9.71. The Morgan fingerprint density at radius 3 is 2.59 bits per heavy atom. The average Bonchev–Trinajstić information content (AvgIpc) is 2.30. The van der Waals surface area contributed by atoms with Crippen molar-refractivity contribution in [2.75, 3.05) is 5.32 Å². The number of hydrogen-bond acceptors (Lipinski definition) is 2. The lowest BCUT2D eigenvalue weighted by molar-refractivity contribution is -0.123. The lowest BCUT2D eigenvalue weighted by atomic mass is 9.81. The van der Waals surface area contributed by atoms with Crippen molar-refractivity contribution in [3.8, 4) is 0 Å². The predicted molar refractivity (Wildman–Crippen MR) is 65.0 cm³/mol. The molecule has 0 aromatic heterocycles. The number of rotatable bonds is 3. The maximum absolute atomic E-state index is 13.1. The van der Waals surface area contributed by atoms with Crippen LogP contribution in [0.25, 0.3) is 0 Å². The van der Waals surface area contributed by atoms with Crippen LogP contribution < -0.4 is 11.1 Å². The van der Waals surface area contributed by atoms with Gasteiger partial charge in [-0.1, -0.05) is 25.3 Å². The Morgan fingerprint density at radius 1 is 1.29 bits per heavy atom. The van der Waals surface area contributed by atoms with Crippen molar-refractivity contribution in [2.45, 2.75) is 37.6 Å². The first-order chi connectivity index (χ1) is 8.12. The zero-order valence-corrected chi connectivity index (χ0v) is 9.71. The van der Waals surface area contributed by atoms with Gasteiger partial charge in [-0.05, 0) is 31.0 Å². The first-order valence-corrected chi connectivity index (χ1v) is 5.96. The van der Waals surface area contributed by atoms with Crippen LogP contribution in [0.5, 0.6) is 0 Å². The normalized spacial score (nSPS) is 18.6. The van der Waals surface area contributed by atoms with Crippen molar-refractivity contribution < 1.29 is 9.18 Å². The van der Waals surface area contributed by atoms with Gasteiger partial charge in [0.05, 0.1) is 0 Å². The minimum absolute atomic E-state index is 0.314. The van der Waals surface area contributed by atoms with Crippen molar-refractivity contribution >= 4 is 11.6 Å². The molecule has 2 rings (SSSR count). The number of primary amides is 1. The molecule has 1 aromatic carbocycles. The smallest absolute Gasteiger partial charge is 0.243 e. The van der Waals surface area contributed by atoms with E-state index in [-0.39, 0.29) is 11.7 Å². The zero-order chi connectivity index (χ0) is 12.3. The summed E-state index contributed by atoms with van der Waals surface area (Å²) in [5, 5.41) is 3.12. The number of anilines is 1. The van der Waals surface area contributed by atoms with E-state index in [1.807, 2.05) is 0 Å². The van der Waals surface area contributed by atoms with E-state index >= 15 is 0 Å². The van der Waals surface area contributed by atoms with Crippen LogP contribution in [0.3, 0.4) is 0 Å². The van der Waals surface area contributed by atoms with E-state index in [2.05, 4.69) is 5.32 Å². The molecule has 92 valence electrons. The first kappa shape index (κ1) is 11.9. The van der Waals surface area contributed by atoms with Gasteiger partial charge in [0, 0.05) is 5.69 Å². The molecule has 0 unspecified atom stereocenters. The van der Waals surface area contributed by atoms with E-state index in [4.69, 9.17) is 5.73 Å². The molecule has 0 heterocycles. The molecule has 1 aliphatic carbocycles. The monoisotopic (exact) mass is 236 g/mol. The van der Waals surface area contributed by atoms with Crippen molar-refractivity contribution in [3.63, 3.8) is 0 Å². The molecule has 0 aliphatic heterocycles. The van der Waals surface area contributed by atoms with Gasteiger partial charge in [-0.25, -0.2) is 4.39 Å². The molecule has 0 radical (unpaired) electrons. The van der Waals surface area contributed by atoms with Crippen LogP contribution in [0.2, 0.25) is 0 Å². The minimum atomic E-state index is -0.702. The number of carbonyl (C=O) groups is 1. The molecular weight excluding hydrogens is 219 g/mol. The number of benzene rings is 1. The van der Waals surface area contributed by atoms with E-state index in [0.717, 1.165) is 32.1 Å². The van der Waals surface area contributed by atoms with E-state index in [9.17, 15) is 9.18 Å². The fourth-order valence-electron chi connectivity index (χ4n) is 2.43. The molecule has 4 heteroatoms. The van der Waals surface area contributed by atoms with Crippen LogP contribution in [0.4, 0.5) is 10.1 Å². The van der Waals surface area contributed by atoms with Gasteiger partial charge in [-0.15, -0.1) is 0 Å². The summed E-state index contributed by atoms with van der Waals surface area (Å²) < 4.78 is 13.1. The molecule has 1 aliphatic rings. The average molecular weight is 236 g/mol. The summed E-state index contributed by atoms with van der Waals surface area (Å²) in [7, 11) is 0. The lowest BCUT2D eigenvalue weighted by Gasteiger charge is -2.36. The summed E-state index contributed by atoms with van der Waals surface area (Å²) in [5.74, 6) is -0.660. The minimum Gasteiger partial charge on any atom is -0.371 e. The number of nitrogens with one attached hydrogen (secondary N) is 1. The van der Waals surface area contributed by atoms with Gasteiger partial charge in [0.1, 0.15) is 11.4 Å². The largest absolute Gasteiger partial charge is 0.371 e. The topological polar surface area (TPSA) is 55.1 Å². The van der Waals surface area contributed by atoms with E-state index in [1.165, 1.54) is 12.1 Å². The fourth-order valence-corrected chi connectivity index (χ4v) is 2.43. The van der Waals surface area contributed by atoms with Crippen LogP contribution >= 0.6 is 0 Å². The molecule has 0 bridgehead atoms. The lowest BCUT2D eigenvalue weighted by Crippen LogP contribution is -2.51. The first-order valence-electron chi connectivity index (χ1n) is 5.96. The molecular formula is C13H17FN2O. The third-order valence-corrected chi connectivity index (χ3v) is 3.39. The second kappa shape index (κ2) is 4.73. The summed E-state index contributed by atoms with van der Waals surface area (Å²) >= 11 is 0. The van der Waals surface area contributed by atoms with Crippen molar-refractivity contribution in [2.24, 2.45) is 5.73 Å². The van der Waals surface area contributed by atoms with Gasteiger partial charge in [0.2, 0.25) is 5.91 Å². The third kappa shape index (κ3) is 2.57. The van der Waals surface area contributed by atoms with Crippen LogP contribution in [0, 0.1) is 5.82 Å². The molecule has 3 N–H and O–H groups in total. The van der Waals surface area contributed by atoms with E-state index < -0.39 is 5.54 Å². The van der Waals surface area contributed by atoms with Crippen molar-refractivity contribution in [3.05, 3.63) is 30.1 Å². The van der Waals surface area contributed by atoms with Gasteiger partial charge in [0.25, 0.3) is 0 Å². The summed E-state index contributed by atoms with van der Waals surface area (Å²) in [6, 6.07) is 6.14. The standard InChI is InChI=1S/C13H17FN2O/c14-10-5-4-6-11(9-10)16-13(12(15)17)7-2-1-3-8-13/h4-6,9,16H,1-3,7-8H2,(H2,15,17). The number of halogens is 1. The quantitative estimate of drug-likeness (QED) is 0.846. The molecule has 1 amide bonds. The molecule has 0 atom stereocenters. The molecule has 0 saturated heterocycles. The summed E-state index contributed by atoms with van der Waals surface area (Å²) in [4.78, 5) is 11.6. The molecule has 1 aromatic rings. The molecule has 3 nitrogen and oxygen atoms in total. The van der Waals surface area contributed by atoms with Gasteiger partial charge in [-0.2, -0.15) is 0 Å². The Morgan fingerprint density at radius 2 is 2.00 bits per heavy atom. The molecule has 0 spiro atoms. The Kier molecular flexibility index (Phi) is 3.31. The molecule has 1 saturated carbocycles. The number of hydrogen-bond donors (Lipinski definition) is 2. The van der Waals surface area contributed by atoms with Gasteiger partial charge in [0.15, 0.2) is 0 Å². The summed E-state index contributed by atoms with van der Waals surface area (Å²) in [6.45, 7) is 0. The van der Waals surface area contributed by atoms with Crippen LogP contribution in [0.1, 0.15) is 32.1 Å². The maximum Gasteiger partial charge on any atom is 0.243 e. The van der Waals surface area contributed by atoms with E-state index in [1.54, 1.807) is 12.1 Å². The molecule has 1 fully saturated rings. The SMILES string of the molecule is NC(=O)C1(Nc2cccc(F)c2)CCCCC1. The summed E-state index contributed by atoms with van der Waals surface area (Å²) in [6.07, 6.45) is 4.52. The highest BCUT2D eigenvalue weighted by Gasteiger charge is 2.37. The Bertz CT molecular complexity index is 414. The Hall–Kier alpha value is -1.58. The number of nitrogens with two attached hydrogens (primary N) is 1. The fraction of sp³-hybridized carbons (Fsp3) is 0.462. The third-order valence-electron chi connectivity index (χ3n) is 3.39. The second-order valence-corrected chi connectivity index (χ2v) is 4.64. The van der Waals surface area contributed by atoms with Gasteiger partial charge < -0.3 is 11.1 Å². The van der Waals surface area contributed by atoms with Gasteiger partial charge >= 0.3 is 0 Å². The highest BCUT2D eigenvalue weighted by molar-refractivity contribution is 5.88. The highest BCUT2D eigenvalue weighted by atomic mass is 19.1. The van der Waals surface area contributed by atoms with Crippen LogP contribution in [0.15, 0.2) is 24.3 Å². The van der Waals surface area contributed by atoms with Crippen LogP contribution in [-0.2, 0) is 4.79 Å². The molecule has 17 heavy (non-hydrogen) atoms. The van der Waals surface area contributed by atoms with Crippen LogP contribution in [-0.4, -0.2) is 11.4 Å². The van der Waals surface area contributed by atoms with Gasteiger partial charge in [-0.3, -0.25) is 4.79 Å². The maximum atomic E-state index is 13.1.